The van der Waals surface area contributed by atoms with Crippen LogP contribution in [0.15, 0.2) is 64.7 Å². The summed E-state index contributed by atoms with van der Waals surface area (Å²) in [6.45, 7) is 5.20. The largest absolute Gasteiger partial charge is 0.492 e. The number of carbonyl (C=O) groups excluding carboxylic acids is 1. The predicted octanol–water partition coefficient (Wildman–Crippen LogP) is 4.44. The summed E-state index contributed by atoms with van der Waals surface area (Å²) in [4.78, 5) is 20.1. The van der Waals surface area contributed by atoms with Crippen LogP contribution in [-0.4, -0.2) is 25.1 Å². The molecule has 0 unspecified atom stereocenters. The first-order valence-electron chi connectivity index (χ1n) is 7.53. The molecule has 0 radical (unpaired) electrons. The highest BCUT2D eigenvalue weighted by Gasteiger charge is 2.18. The summed E-state index contributed by atoms with van der Waals surface area (Å²) in [6.07, 6.45) is 1.41. The van der Waals surface area contributed by atoms with Crippen molar-refractivity contribution in [1.82, 2.24) is 0 Å². The van der Waals surface area contributed by atoms with Crippen LogP contribution in [-0.2, 0) is 4.79 Å². The third-order valence-corrected chi connectivity index (χ3v) is 3.47. The monoisotopic (exact) mass is 374 g/mol. The van der Waals surface area contributed by atoms with Gasteiger partial charge in [0.25, 0.3) is 0 Å². The molecule has 0 heterocycles. The lowest BCUT2D eigenvalue weighted by Crippen LogP contribution is -2.12. The van der Waals surface area contributed by atoms with Crippen molar-refractivity contribution in [2.75, 3.05) is 7.11 Å². The maximum absolute atomic E-state index is 14.6. The first-order chi connectivity index (χ1) is 12.5. The van der Waals surface area contributed by atoms with Gasteiger partial charge in [0.15, 0.2) is 17.4 Å². The summed E-state index contributed by atoms with van der Waals surface area (Å²) >= 11 is 5.89. The van der Waals surface area contributed by atoms with Gasteiger partial charge >= 0.3 is 5.97 Å². The van der Waals surface area contributed by atoms with E-state index >= 15 is 0 Å². The Balaban J connectivity index is 2.35. The van der Waals surface area contributed by atoms with Crippen LogP contribution in [0, 0.1) is 5.82 Å². The molecule has 5 nitrogen and oxygen atoms in total. The average Bonchev–Trinajstić information content (AvgIpc) is 2.62. The van der Waals surface area contributed by atoms with Crippen molar-refractivity contribution in [3.05, 3.63) is 71.1 Å². The van der Waals surface area contributed by atoms with Crippen LogP contribution >= 0.6 is 11.6 Å². The van der Waals surface area contributed by atoms with Crippen LogP contribution in [0.2, 0.25) is 5.02 Å². The van der Waals surface area contributed by atoms with Crippen LogP contribution in [0.25, 0.3) is 0 Å². The summed E-state index contributed by atoms with van der Waals surface area (Å²) < 4.78 is 24.7. The third kappa shape index (κ3) is 4.55. The molecule has 2 aromatic rings. The fourth-order valence-electron chi connectivity index (χ4n) is 2.00. The molecule has 0 aliphatic heterocycles. The van der Waals surface area contributed by atoms with Gasteiger partial charge in [-0.3, -0.25) is 0 Å². The van der Waals surface area contributed by atoms with Crippen LogP contribution in [0.4, 0.5) is 4.39 Å². The number of carbonyl (C=O) groups is 1. The standard InChI is InChI=1S/C19H16ClFN2O3/c1-4-22-18(14-10-11-15(20)17(25-3)16(14)21)23-12(2)19(24)26-13-8-6-5-7-9-13/h4-11H,2H2,1,3H3. The van der Waals surface area contributed by atoms with Crippen molar-refractivity contribution in [2.24, 2.45) is 9.98 Å². The van der Waals surface area contributed by atoms with Gasteiger partial charge in [0.1, 0.15) is 11.4 Å². The van der Waals surface area contributed by atoms with Gasteiger partial charge in [-0.15, -0.1) is 0 Å². The predicted molar refractivity (Wildman–Crippen MR) is 99.9 cm³/mol. The number of rotatable bonds is 5. The Morgan fingerprint density at radius 2 is 1.92 bits per heavy atom. The molecule has 0 atom stereocenters. The Hall–Kier alpha value is -2.99. The highest BCUT2D eigenvalue weighted by atomic mass is 35.5. The molecule has 2 aromatic carbocycles. The smallest absolute Gasteiger partial charge is 0.361 e. The highest BCUT2D eigenvalue weighted by Crippen LogP contribution is 2.30. The first kappa shape index (κ1) is 19.3. The molecule has 26 heavy (non-hydrogen) atoms. The molecule has 0 amide bonds. The first-order valence-corrected chi connectivity index (χ1v) is 7.91. The third-order valence-electron chi connectivity index (χ3n) is 3.18. The Bertz CT molecular complexity index is 880. The lowest BCUT2D eigenvalue weighted by molar-refractivity contribution is -0.130. The van der Waals surface area contributed by atoms with Crippen molar-refractivity contribution >= 4 is 29.6 Å². The molecular formula is C19H16ClFN2O3. The SMILES string of the molecule is C=C(N=C(N=CC)c1ccc(Cl)c(OC)c1F)C(=O)Oc1ccccc1. The van der Waals surface area contributed by atoms with Gasteiger partial charge < -0.3 is 9.47 Å². The van der Waals surface area contributed by atoms with Gasteiger partial charge in [-0.1, -0.05) is 36.4 Å². The van der Waals surface area contributed by atoms with Crippen LogP contribution in [0.3, 0.4) is 0 Å². The summed E-state index contributed by atoms with van der Waals surface area (Å²) in [5, 5.41) is 0.107. The zero-order chi connectivity index (χ0) is 19.1. The number of benzene rings is 2. The number of hydrogen-bond donors (Lipinski definition) is 0. The molecule has 0 aromatic heterocycles. The highest BCUT2D eigenvalue weighted by molar-refractivity contribution is 6.32. The molecule has 0 N–H and O–H groups in total. The van der Waals surface area contributed by atoms with E-state index in [-0.39, 0.29) is 27.9 Å². The zero-order valence-electron chi connectivity index (χ0n) is 14.2. The summed E-state index contributed by atoms with van der Waals surface area (Å²) in [5.41, 5.74) is -0.221. The van der Waals surface area contributed by atoms with Gasteiger partial charge in [0.05, 0.1) is 17.7 Å². The van der Waals surface area contributed by atoms with Gasteiger partial charge in [0.2, 0.25) is 0 Å². The molecule has 134 valence electrons. The second-order valence-electron chi connectivity index (χ2n) is 4.91. The van der Waals surface area contributed by atoms with E-state index in [4.69, 9.17) is 21.1 Å². The van der Waals surface area contributed by atoms with Crippen molar-refractivity contribution < 1.29 is 18.7 Å². The summed E-state index contributed by atoms with van der Waals surface area (Å²) in [6, 6.07) is 11.3. The molecule has 0 spiro atoms. The molecule has 0 aliphatic rings. The van der Waals surface area contributed by atoms with Crippen molar-refractivity contribution in [1.29, 1.82) is 0 Å². The summed E-state index contributed by atoms with van der Waals surface area (Å²) in [5.74, 6) is -1.38. The van der Waals surface area contributed by atoms with Crippen molar-refractivity contribution in [2.45, 2.75) is 6.92 Å². The molecule has 0 bridgehead atoms. The van der Waals surface area contributed by atoms with Crippen LogP contribution < -0.4 is 9.47 Å². The van der Waals surface area contributed by atoms with Gasteiger partial charge in [-0.25, -0.2) is 19.2 Å². The number of amidine groups is 1. The second-order valence-corrected chi connectivity index (χ2v) is 5.32. The van der Waals surface area contributed by atoms with Crippen LogP contribution in [0.5, 0.6) is 11.5 Å². The molecule has 7 heteroatoms. The van der Waals surface area contributed by atoms with E-state index < -0.39 is 11.8 Å². The van der Waals surface area contributed by atoms with E-state index in [0.717, 1.165) is 0 Å². The minimum Gasteiger partial charge on any atom is -0.492 e. The minimum atomic E-state index is -0.777. The molecule has 0 saturated heterocycles. The number of esters is 1. The van der Waals surface area contributed by atoms with E-state index in [9.17, 15) is 9.18 Å². The number of halogens is 2. The second kappa shape index (κ2) is 8.92. The fourth-order valence-corrected chi connectivity index (χ4v) is 2.22. The maximum Gasteiger partial charge on any atom is 0.361 e. The number of aliphatic imine (C=N–C) groups is 2. The average molecular weight is 375 g/mol. The van der Waals surface area contributed by atoms with Crippen molar-refractivity contribution in [3.63, 3.8) is 0 Å². The van der Waals surface area contributed by atoms with E-state index in [1.165, 1.54) is 25.5 Å². The van der Waals surface area contributed by atoms with Crippen molar-refractivity contribution in [3.8, 4) is 11.5 Å². The quantitative estimate of drug-likeness (QED) is 0.255. The molecule has 2 rings (SSSR count). The number of methoxy groups -OCH3 is 1. The fraction of sp³-hybridized carbons (Fsp3) is 0.105. The number of para-hydroxylation sites is 1. The maximum atomic E-state index is 14.6. The lowest BCUT2D eigenvalue weighted by atomic mass is 10.1. The Morgan fingerprint density at radius 3 is 2.54 bits per heavy atom. The topological polar surface area (TPSA) is 60.2 Å². The number of hydrogen-bond acceptors (Lipinski definition) is 4. The van der Waals surface area contributed by atoms with Gasteiger partial charge in [-0.2, -0.15) is 0 Å². The van der Waals surface area contributed by atoms with Gasteiger partial charge in [0, 0.05) is 6.21 Å². The molecule has 0 fully saturated rings. The lowest BCUT2D eigenvalue weighted by Gasteiger charge is -2.09. The van der Waals surface area contributed by atoms with E-state index in [1.54, 1.807) is 37.3 Å². The molecular weight excluding hydrogens is 359 g/mol. The van der Waals surface area contributed by atoms with Crippen LogP contribution in [0.1, 0.15) is 12.5 Å². The minimum absolute atomic E-state index is 0.0120. The normalized spacial score (nSPS) is 11.5. The van der Waals surface area contributed by atoms with E-state index in [2.05, 4.69) is 16.6 Å². The number of nitrogens with zero attached hydrogens (tertiary/aromatic N) is 2. The number of ether oxygens (including phenoxy) is 2. The van der Waals surface area contributed by atoms with E-state index in [0.29, 0.717) is 5.75 Å². The summed E-state index contributed by atoms with van der Waals surface area (Å²) in [7, 11) is 1.30. The van der Waals surface area contributed by atoms with Gasteiger partial charge in [-0.05, 0) is 31.2 Å². The zero-order valence-corrected chi connectivity index (χ0v) is 15.0. The molecule has 0 aliphatic carbocycles. The Kier molecular flexibility index (Phi) is 6.63. The van der Waals surface area contributed by atoms with E-state index in [1.807, 2.05) is 0 Å². The Morgan fingerprint density at radius 1 is 1.23 bits per heavy atom. The molecule has 0 saturated carbocycles. The Labute approximate surface area is 155 Å².